The standard InChI is InChI=1S/C20H23IO2S/c1-5-15-10-14(4)19(11-13(15)3)22-12-16-17(21)8-7-9-18(16)23-20(24)6-2/h7-11H,5-6,12H2,1-4H3. The zero-order chi connectivity index (χ0) is 17.7. The third-order valence-corrected chi connectivity index (χ3v) is 5.36. The van der Waals surface area contributed by atoms with Gasteiger partial charge in [0.2, 0.25) is 0 Å². The first kappa shape index (κ1) is 19.2. The van der Waals surface area contributed by atoms with Crippen molar-refractivity contribution in [3.05, 3.63) is 56.2 Å². The molecule has 128 valence electrons. The quantitative estimate of drug-likeness (QED) is 0.385. The normalized spacial score (nSPS) is 10.5. The molecular weight excluding hydrogens is 431 g/mol. The fourth-order valence-corrected chi connectivity index (χ4v) is 3.22. The zero-order valence-corrected chi connectivity index (χ0v) is 17.6. The fraction of sp³-hybridized carbons (Fsp3) is 0.350. The van der Waals surface area contributed by atoms with Gasteiger partial charge in [0, 0.05) is 15.6 Å². The highest BCUT2D eigenvalue weighted by molar-refractivity contribution is 14.1. The molecule has 0 saturated heterocycles. The lowest BCUT2D eigenvalue weighted by atomic mass is 10.0. The smallest absolute Gasteiger partial charge is 0.167 e. The Labute approximate surface area is 163 Å². The molecule has 0 N–H and O–H groups in total. The molecule has 2 aromatic carbocycles. The molecule has 0 bridgehead atoms. The summed E-state index contributed by atoms with van der Waals surface area (Å²) in [6, 6.07) is 10.3. The van der Waals surface area contributed by atoms with Gasteiger partial charge in [-0.15, -0.1) is 0 Å². The van der Waals surface area contributed by atoms with Crippen LogP contribution in [0.5, 0.6) is 11.5 Å². The molecule has 0 aliphatic heterocycles. The summed E-state index contributed by atoms with van der Waals surface area (Å²) in [5.74, 6) is 1.71. The first-order valence-corrected chi connectivity index (χ1v) is 9.65. The van der Waals surface area contributed by atoms with Gasteiger partial charge in [0.25, 0.3) is 0 Å². The van der Waals surface area contributed by atoms with E-state index < -0.39 is 0 Å². The van der Waals surface area contributed by atoms with Crippen molar-refractivity contribution in [3.8, 4) is 11.5 Å². The number of hydrogen-bond acceptors (Lipinski definition) is 3. The highest BCUT2D eigenvalue weighted by Gasteiger charge is 2.12. The van der Waals surface area contributed by atoms with Crippen LogP contribution < -0.4 is 9.47 Å². The van der Waals surface area contributed by atoms with E-state index in [2.05, 4.69) is 61.6 Å². The molecule has 2 nitrogen and oxygen atoms in total. The van der Waals surface area contributed by atoms with Gasteiger partial charge < -0.3 is 9.47 Å². The highest BCUT2D eigenvalue weighted by atomic mass is 127. The molecule has 0 amide bonds. The van der Waals surface area contributed by atoms with Gasteiger partial charge in [-0.05, 0) is 90.0 Å². The van der Waals surface area contributed by atoms with Crippen molar-refractivity contribution in [3.63, 3.8) is 0 Å². The Bertz CT molecular complexity index is 741. The van der Waals surface area contributed by atoms with E-state index in [1.54, 1.807) is 0 Å². The summed E-state index contributed by atoms with van der Waals surface area (Å²) < 4.78 is 13.0. The van der Waals surface area contributed by atoms with E-state index >= 15 is 0 Å². The van der Waals surface area contributed by atoms with Gasteiger partial charge >= 0.3 is 0 Å². The average Bonchev–Trinajstić information content (AvgIpc) is 2.56. The minimum Gasteiger partial charge on any atom is -0.488 e. The van der Waals surface area contributed by atoms with Crippen LogP contribution in [0.1, 0.15) is 42.5 Å². The molecular formula is C20H23IO2S. The first-order valence-electron chi connectivity index (χ1n) is 8.17. The molecule has 4 heteroatoms. The average molecular weight is 454 g/mol. The van der Waals surface area contributed by atoms with Crippen molar-refractivity contribution >= 4 is 39.9 Å². The van der Waals surface area contributed by atoms with Crippen molar-refractivity contribution < 1.29 is 9.47 Å². The van der Waals surface area contributed by atoms with Crippen LogP contribution in [0.2, 0.25) is 0 Å². The molecule has 24 heavy (non-hydrogen) atoms. The van der Waals surface area contributed by atoms with Crippen molar-refractivity contribution in [2.45, 2.75) is 47.1 Å². The first-order chi connectivity index (χ1) is 11.5. The Balaban J connectivity index is 2.23. The van der Waals surface area contributed by atoms with Crippen LogP contribution >= 0.6 is 34.8 Å². The largest absolute Gasteiger partial charge is 0.488 e. The Morgan fingerprint density at radius 2 is 1.83 bits per heavy atom. The van der Waals surface area contributed by atoms with Gasteiger partial charge in [-0.2, -0.15) is 0 Å². The summed E-state index contributed by atoms with van der Waals surface area (Å²) in [5.41, 5.74) is 4.83. The van der Waals surface area contributed by atoms with Gasteiger partial charge in [-0.25, -0.2) is 0 Å². The van der Waals surface area contributed by atoms with E-state index in [1.165, 1.54) is 11.1 Å². The molecule has 0 fully saturated rings. The van der Waals surface area contributed by atoms with E-state index in [-0.39, 0.29) is 0 Å². The van der Waals surface area contributed by atoms with Crippen molar-refractivity contribution in [1.29, 1.82) is 0 Å². The molecule has 2 rings (SSSR count). The monoisotopic (exact) mass is 454 g/mol. The number of halogens is 1. The minimum absolute atomic E-state index is 0.465. The maximum Gasteiger partial charge on any atom is 0.167 e. The summed E-state index contributed by atoms with van der Waals surface area (Å²) >= 11 is 7.53. The van der Waals surface area contributed by atoms with Crippen LogP contribution in [0, 0.1) is 17.4 Å². The lowest BCUT2D eigenvalue weighted by Crippen LogP contribution is -2.08. The minimum atomic E-state index is 0.465. The number of thiocarbonyl (C=S) groups is 1. The van der Waals surface area contributed by atoms with Crippen LogP contribution in [0.4, 0.5) is 0 Å². The second-order valence-electron chi connectivity index (χ2n) is 5.73. The lowest BCUT2D eigenvalue weighted by Gasteiger charge is -2.16. The number of aryl methyl sites for hydroxylation is 3. The van der Waals surface area contributed by atoms with Crippen LogP contribution in [-0.2, 0) is 13.0 Å². The molecule has 0 radical (unpaired) electrons. The highest BCUT2D eigenvalue weighted by Crippen LogP contribution is 2.29. The van der Waals surface area contributed by atoms with Crippen molar-refractivity contribution in [2.24, 2.45) is 0 Å². The zero-order valence-electron chi connectivity index (χ0n) is 14.6. The molecule has 0 heterocycles. The van der Waals surface area contributed by atoms with E-state index in [1.807, 2.05) is 19.1 Å². The summed E-state index contributed by atoms with van der Waals surface area (Å²) in [4.78, 5) is 0. The van der Waals surface area contributed by atoms with Gasteiger partial charge in [0.05, 0.1) is 0 Å². The van der Waals surface area contributed by atoms with E-state index in [4.69, 9.17) is 21.7 Å². The SMILES string of the molecule is CCC(=S)Oc1cccc(I)c1COc1cc(C)c(CC)cc1C. The molecule has 0 aliphatic rings. The molecule has 0 saturated carbocycles. The number of benzene rings is 2. The molecule has 0 spiro atoms. The molecule has 0 aromatic heterocycles. The molecule has 2 aromatic rings. The number of hydrogen-bond donors (Lipinski definition) is 0. The maximum atomic E-state index is 6.11. The Hall–Kier alpha value is -1.14. The Morgan fingerprint density at radius 1 is 1.08 bits per heavy atom. The summed E-state index contributed by atoms with van der Waals surface area (Å²) in [5, 5.41) is 0.595. The number of ether oxygens (including phenoxy) is 2. The Kier molecular flexibility index (Phi) is 7.04. The van der Waals surface area contributed by atoms with Crippen molar-refractivity contribution in [2.75, 3.05) is 0 Å². The third kappa shape index (κ3) is 4.70. The van der Waals surface area contributed by atoms with Gasteiger partial charge in [0.1, 0.15) is 18.1 Å². The van der Waals surface area contributed by atoms with Crippen LogP contribution in [0.3, 0.4) is 0 Å². The third-order valence-electron chi connectivity index (χ3n) is 3.97. The van der Waals surface area contributed by atoms with Gasteiger partial charge in [-0.1, -0.05) is 26.0 Å². The van der Waals surface area contributed by atoms with Crippen LogP contribution in [0.15, 0.2) is 30.3 Å². The topological polar surface area (TPSA) is 18.5 Å². The second kappa shape index (κ2) is 8.81. The predicted molar refractivity (Wildman–Crippen MR) is 112 cm³/mol. The molecule has 0 atom stereocenters. The van der Waals surface area contributed by atoms with Crippen LogP contribution in [-0.4, -0.2) is 5.05 Å². The summed E-state index contributed by atoms with van der Waals surface area (Å²) in [7, 11) is 0. The Morgan fingerprint density at radius 3 is 2.50 bits per heavy atom. The van der Waals surface area contributed by atoms with Gasteiger partial charge in [0.15, 0.2) is 5.05 Å². The number of rotatable bonds is 6. The van der Waals surface area contributed by atoms with Crippen molar-refractivity contribution in [1.82, 2.24) is 0 Å². The summed E-state index contributed by atoms with van der Waals surface area (Å²) in [6.45, 7) is 8.86. The fourth-order valence-electron chi connectivity index (χ4n) is 2.51. The maximum absolute atomic E-state index is 6.11. The van der Waals surface area contributed by atoms with Crippen LogP contribution in [0.25, 0.3) is 0 Å². The van der Waals surface area contributed by atoms with Gasteiger partial charge in [-0.3, -0.25) is 0 Å². The lowest BCUT2D eigenvalue weighted by molar-refractivity contribution is 0.298. The van der Waals surface area contributed by atoms with E-state index in [0.717, 1.165) is 39.0 Å². The molecule has 0 aliphatic carbocycles. The van der Waals surface area contributed by atoms with E-state index in [9.17, 15) is 0 Å². The predicted octanol–water partition coefficient (Wildman–Crippen LogP) is 6.17. The summed E-state index contributed by atoms with van der Waals surface area (Å²) in [6.07, 6.45) is 1.76. The van der Waals surface area contributed by atoms with E-state index in [0.29, 0.717) is 11.7 Å². The molecule has 0 unspecified atom stereocenters. The second-order valence-corrected chi connectivity index (χ2v) is 7.35.